The van der Waals surface area contributed by atoms with Gasteiger partial charge in [0.05, 0.1) is 64.0 Å². The number of benzene rings is 4. The standard InChI is InChI=1S/C58H72O14/c1-3-53(59)65-39-19-15-11-7-5-9-13-17-37-63-49-33-25-47(26-34-49)55(61)71-51-29-21-45(22-30-51)43-69-57-58(68-42-41-67-57)70-44-46-23-31-52(32-24-46)72-56(62)48-27-35-50(36-28-48)64-38-18-14-10-6-8-12-16-20-40-66-54(60)4-2/h3-4,21-36,57-58H,1-2,5-20,37-44H2. The first-order valence-electron chi connectivity index (χ1n) is 25.4. The Hall–Kier alpha value is -6.32. The minimum Gasteiger partial charge on any atom is -0.494 e. The van der Waals surface area contributed by atoms with Gasteiger partial charge >= 0.3 is 23.9 Å². The van der Waals surface area contributed by atoms with Crippen molar-refractivity contribution in [2.75, 3.05) is 39.6 Å². The summed E-state index contributed by atoms with van der Waals surface area (Å²) < 4.78 is 56.7. The normalized spacial score (nSPS) is 14.2. The highest BCUT2D eigenvalue weighted by molar-refractivity contribution is 5.91. The molecular formula is C58H72O14. The molecule has 5 rings (SSSR count). The minimum atomic E-state index is -0.767. The fraction of sp³-hybridized carbons (Fsp3) is 0.448. The summed E-state index contributed by atoms with van der Waals surface area (Å²) in [5.41, 5.74) is 2.51. The van der Waals surface area contributed by atoms with Gasteiger partial charge in [0.1, 0.15) is 23.0 Å². The maximum absolute atomic E-state index is 12.9. The molecule has 1 aliphatic rings. The van der Waals surface area contributed by atoms with Gasteiger partial charge < -0.3 is 47.4 Å². The average molecular weight is 993 g/mol. The van der Waals surface area contributed by atoms with Crippen molar-refractivity contribution in [3.8, 4) is 23.0 Å². The number of carbonyl (C=O) groups excluding carboxylic acids is 4. The van der Waals surface area contributed by atoms with Crippen LogP contribution in [0.1, 0.15) is 135 Å². The summed E-state index contributed by atoms with van der Waals surface area (Å²) in [7, 11) is 0. The van der Waals surface area contributed by atoms with Crippen LogP contribution in [0.3, 0.4) is 0 Å². The van der Waals surface area contributed by atoms with E-state index in [9.17, 15) is 19.2 Å². The van der Waals surface area contributed by atoms with Crippen LogP contribution >= 0.6 is 0 Å². The predicted molar refractivity (Wildman–Crippen MR) is 272 cm³/mol. The van der Waals surface area contributed by atoms with E-state index in [0.717, 1.165) is 88.2 Å². The van der Waals surface area contributed by atoms with Crippen LogP contribution in [0.15, 0.2) is 122 Å². The lowest BCUT2D eigenvalue weighted by atomic mass is 10.1. The number of ether oxygens (including phenoxy) is 10. The Kier molecular flexibility index (Phi) is 26.8. The topological polar surface area (TPSA) is 161 Å². The average Bonchev–Trinajstić information content (AvgIpc) is 3.41. The maximum Gasteiger partial charge on any atom is 0.343 e. The second-order valence-corrected chi connectivity index (χ2v) is 17.3. The van der Waals surface area contributed by atoms with E-state index < -0.39 is 24.5 Å². The first kappa shape index (κ1) is 56.6. The second kappa shape index (κ2) is 34.1. The molecule has 0 N–H and O–H groups in total. The van der Waals surface area contributed by atoms with Gasteiger partial charge in [-0.25, -0.2) is 19.2 Å². The Morgan fingerprint density at radius 3 is 1.06 bits per heavy atom. The van der Waals surface area contributed by atoms with Gasteiger partial charge in [0.2, 0.25) is 12.6 Å². The third-order valence-corrected chi connectivity index (χ3v) is 11.6. The number of carbonyl (C=O) groups is 4. The summed E-state index contributed by atoms with van der Waals surface area (Å²) in [5.74, 6) is 0.539. The van der Waals surface area contributed by atoms with Crippen LogP contribution in [0.2, 0.25) is 0 Å². The number of hydrogen-bond acceptors (Lipinski definition) is 14. The van der Waals surface area contributed by atoms with Crippen molar-refractivity contribution in [2.24, 2.45) is 0 Å². The predicted octanol–water partition coefficient (Wildman–Crippen LogP) is 12.0. The Bertz CT molecular complexity index is 2030. The molecule has 72 heavy (non-hydrogen) atoms. The van der Waals surface area contributed by atoms with Crippen LogP contribution in [0.5, 0.6) is 23.0 Å². The molecular weight excluding hydrogens is 921 g/mol. The summed E-state index contributed by atoms with van der Waals surface area (Å²) in [6.45, 7) is 10.0. The lowest BCUT2D eigenvalue weighted by molar-refractivity contribution is -0.326. The van der Waals surface area contributed by atoms with Crippen LogP contribution < -0.4 is 18.9 Å². The van der Waals surface area contributed by atoms with Crippen molar-refractivity contribution in [3.05, 3.63) is 145 Å². The van der Waals surface area contributed by atoms with Gasteiger partial charge in [-0.15, -0.1) is 0 Å². The van der Waals surface area contributed by atoms with Gasteiger partial charge in [-0.1, -0.05) is 114 Å². The maximum atomic E-state index is 12.9. The number of esters is 4. The molecule has 0 saturated carbocycles. The Balaban J connectivity index is 0.907. The van der Waals surface area contributed by atoms with E-state index in [1.165, 1.54) is 37.8 Å². The van der Waals surface area contributed by atoms with Gasteiger partial charge in [-0.05, 0) is 110 Å². The second-order valence-electron chi connectivity index (χ2n) is 17.3. The summed E-state index contributed by atoms with van der Waals surface area (Å²) in [4.78, 5) is 47.8. The highest BCUT2D eigenvalue weighted by Crippen LogP contribution is 2.23. The molecule has 0 spiro atoms. The number of rotatable bonds is 36. The zero-order valence-corrected chi connectivity index (χ0v) is 41.6. The fourth-order valence-electron chi connectivity index (χ4n) is 7.48. The van der Waals surface area contributed by atoms with Crippen LogP contribution in [0.4, 0.5) is 0 Å². The highest BCUT2D eigenvalue weighted by atomic mass is 16.8. The molecule has 388 valence electrons. The largest absolute Gasteiger partial charge is 0.494 e. The van der Waals surface area contributed by atoms with Crippen molar-refractivity contribution in [2.45, 2.75) is 129 Å². The zero-order chi connectivity index (χ0) is 50.9. The molecule has 0 radical (unpaired) electrons. The van der Waals surface area contributed by atoms with E-state index in [1.807, 2.05) is 24.3 Å². The van der Waals surface area contributed by atoms with Gasteiger partial charge in [0.15, 0.2) is 0 Å². The summed E-state index contributed by atoms with van der Waals surface area (Å²) in [6, 6.07) is 28.0. The van der Waals surface area contributed by atoms with E-state index in [4.69, 9.17) is 47.4 Å². The summed E-state index contributed by atoms with van der Waals surface area (Å²) >= 11 is 0. The van der Waals surface area contributed by atoms with Gasteiger partial charge in [-0.3, -0.25) is 0 Å². The molecule has 2 unspecified atom stereocenters. The molecule has 1 aliphatic heterocycles. The Labute approximate surface area is 424 Å². The lowest BCUT2D eigenvalue weighted by Gasteiger charge is -2.31. The highest BCUT2D eigenvalue weighted by Gasteiger charge is 2.29. The SMILES string of the molecule is C=CC(=O)OCCCCCCCCCCOc1ccc(C(=O)Oc2ccc(COC3OCCOC3OCc3ccc(OC(=O)c4ccc(OCCCCCCCCCCOC(=O)C=C)cc4)cc3)cc2)cc1. The molecule has 4 aromatic carbocycles. The van der Waals surface area contributed by atoms with E-state index in [-0.39, 0.29) is 25.2 Å². The zero-order valence-electron chi connectivity index (χ0n) is 41.6. The number of hydrogen-bond donors (Lipinski definition) is 0. The molecule has 0 amide bonds. The monoisotopic (exact) mass is 992 g/mol. The van der Waals surface area contributed by atoms with E-state index >= 15 is 0 Å². The molecule has 4 aromatic rings. The van der Waals surface area contributed by atoms with Crippen molar-refractivity contribution < 1.29 is 66.5 Å². The van der Waals surface area contributed by atoms with Crippen molar-refractivity contribution in [3.63, 3.8) is 0 Å². The smallest absolute Gasteiger partial charge is 0.343 e. The fourth-order valence-corrected chi connectivity index (χ4v) is 7.48. The van der Waals surface area contributed by atoms with Crippen molar-refractivity contribution in [1.29, 1.82) is 0 Å². The van der Waals surface area contributed by atoms with Crippen LogP contribution in [0, 0.1) is 0 Å². The van der Waals surface area contributed by atoms with Crippen molar-refractivity contribution >= 4 is 23.9 Å². The van der Waals surface area contributed by atoms with Crippen LogP contribution in [-0.4, -0.2) is 76.1 Å². The first-order valence-corrected chi connectivity index (χ1v) is 25.4. The molecule has 1 heterocycles. The molecule has 14 nitrogen and oxygen atoms in total. The lowest BCUT2D eigenvalue weighted by Crippen LogP contribution is -2.41. The van der Waals surface area contributed by atoms with Gasteiger partial charge in [-0.2, -0.15) is 0 Å². The molecule has 0 bridgehead atoms. The molecule has 0 aromatic heterocycles. The van der Waals surface area contributed by atoms with Crippen LogP contribution in [0.25, 0.3) is 0 Å². The van der Waals surface area contributed by atoms with Crippen molar-refractivity contribution in [1.82, 2.24) is 0 Å². The van der Waals surface area contributed by atoms with Gasteiger partial charge in [0.25, 0.3) is 0 Å². The summed E-state index contributed by atoms with van der Waals surface area (Å²) in [5, 5.41) is 0. The molecule has 2 atom stereocenters. The van der Waals surface area contributed by atoms with Gasteiger partial charge in [0, 0.05) is 12.2 Å². The molecule has 1 saturated heterocycles. The third kappa shape index (κ3) is 22.8. The van der Waals surface area contributed by atoms with E-state index in [1.54, 1.807) is 72.8 Å². The molecule has 14 heteroatoms. The molecule has 0 aliphatic carbocycles. The van der Waals surface area contributed by atoms with E-state index in [2.05, 4.69) is 13.2 Å². The third-order valence-electron chi connectivity index (χ3n) is 11.6. The summed E-state index contributed by atoms with van der Waals surface area (Å²) in [6.07, 6.45) is 18.1. The van der Waals surface area contributed by atoms with Crippen LogP contribution in [-0.2, 0) is 51.2 Å². The molecule has 1 fully saturated rings. The Morgan fingerprint density at radius 1 is 0.417 bits per heavy atom. The minimum absolute atomic E-state index is 0.209. The number of unbranched alkanes of at least 4 members (excludes halogenated alkanes) is 14. The quantitative estimate of drug-likeness (QED) is 0.0183. The Morgan fingerprint density at radius 2 is 0.722 bits per heavy atom. The van der Waals surface area contributed by atoms with E-state index in [0.29, 0.717) is 73.8 Å². The first-order chi connectivity index (χ1) is 35.3.